The van der Waals surface area contributed by atoms with Crippen molar-refractivity contribution in [2.45, 2.75) is 39.2 Å². The highest BCUT2D eigenvalue weighted by molar-refractivity contribution is 5.16. The summed E-state index contributed by atoms with van der Waals surface area (Å²) in [4.78, 5) is 0. The summed E-state index contributed by atoms with van der Waals surface area (Å²) in [5, 5.41) is 9.48. The molecule has 15 heavy (non-hydrogen) atoms. The first-order valence-corrected chi connectivity index (χ1v) is 6.02. The molecule has 1 aliphatic carbocycles. The van der Waals surface area contributed by atoms with E-state index in [1.807, 2.05) is 0 Å². The van der Waals surface area contributed by atoms with Gasteiger partial charge in [-0.2, -0.15) is 0 Å². The van der Waals surface area contributed by atoms with Crippen molar-refractivity contribution in [3.05, 3.63) is 0 Å². The lowest BCUT2D eigenvalue weighted by atomic mass is 9.81. The Balaban J connectivity index is 2.06. The number of hydrogen-bond donors (Lipinski definition) is 2. The van der Waals surface area contributed by atoms with Crippen LogP contribution in [0.2, 0.25) is 0 Å². The van der Waals surface area contributed by atoms with Crippen LogP contribution in [0.25, 0.3) is 0 Å². The summed E-state index contributed by atoms with van der Waals surface area (Å²) in [5.41, 5.74) is 6.12. The lowest BCUT2D eigenvalue weighted by molar-refractivity contribution is -0.0538. The van der Waals surface area contributed by atoms with Crippen molar-refractivity contribution in [1.82, 2.24) is 0 Å². The molecule has 0 bridgehead atoms. The van der Waals surface area contributed by atoms with Crippen LogP contribution in [0.3, 0.4) is 0 Å². The first-order chi connectivity index (χ1) is 7.09. The monoisotopic (exact) mass is 213 g/mol. The van der Waals surface area contributed by atoms with Gasteiger partial charge >= 0.3 is 0 Å². The van der Waals surface area contributed by atoms with Gasteiger partial charge in [0, 0.05) is 18.6 Å². The summed E-state index contributed by atoms with van der Waals surface area (Å²) in [6, 6.07) is 0. The normalized spacial score (nSPS) is 45.0. The van der Waals surface area contributed by atoms with Gasteiger partial charge in [0.25, 0.3) is 0 Å². The Morgan fingerprint density at radius 1 is 1.53 bits per heavy atom. The van der Waals surface area contributed by atoms with E-state index in [1.54, 1.807) is 0 Å². The third-order valence-electron chi connectivity index (χ3n) is 4.62. The summed E-state index contributed by atoms with van der Waals surface area (Å²) >= 11 is 0. The molecule has 3 nitrogen and oxygen atoms in total. The Bertz CT molecular complexity index is 238. The number of aliphatic hydroxyl groups excluding tert-OH is 1. The van der Waals surface area contributed by atoms with E-state index in [9.17, 15) is 5.11 Å². The summed E-state index contributed by atoms with van der Waals surface area (Å²) in [6.45, 7) is 6.11. The SMILES string of the molecule is CC(C)C1CC2(CCO1)CC2(CN)CO. The summed E-state index contributed by atoms with van der Waals surface area (Å²) in [7, 11) is 0. The fraction of sp³-hybridized carbons (Fsp3) is 1.00. The predicted octanol–water partition coefficient (Wildman–Crippen LogP) is 1.15. The zero-order valence-electron chi connectivity index (χ0n) is 9.83. The lowest BCUT2D eigenvalue weighted by Gasteiger charge is -2.35. The number of hydrogen-bond acceptors (Lipinski definition) is 3. The average Bonchev–Trinajstić information content (AvgIpc) is 2.86. The molecule has 88 valence electrons. The van der Waals surface area contributed by atoms with E-state index in [-0.39, 0.29) is 12.0 Å². The first kappa shape index (κ1) is 11.4. The van der Waals surface area contributed by atoms with Crippen LogP contribution in [0.5, 0.6) is 0 Å². The Morgan fingerprint density at radius 2 is 2.27 bits per heavy atom. The molecule has 2 rings (SSSR count). The van der Waals surface area contributed by atoms with Crippen LogP contribution in [-0.4, -0.2) is 31.0 Å². The van der Waals surface area contributed by atoms with Crippen molar-refractivity contribution in [2.24, 2.45) is 22.5 Å². The molecule has 3 N–H and O–H groups in total. The molecule has 1 saturated heterocycles. The molecule has 0 aromatic rings. The second kappa shape index (κ2) is 3.72. The van der Waals surface area contributed by atoms with Crippen molar-refractivity contribution in [3.8, 4) is 0 Å². The molecule has 0 radical (unpaired) electrons. The van der Waals surface area contributed by atoms with E-state index in [1.165, 1.54) is 0 Å². The van der Waals surface area contributed by atoms with Gasteiger partial charge in [-0.15, -0.1) is 0 Å². The molecule has 1 spiro atoms. The van der Waals surface area contributed by atoms with E-state index >= 15 is 0 Å². The van der Waals surface area contributed by atoms with E-state index < -0.39 is 0 Å². The Hall–Kier alpha value is -0.120. The molecular weight excluding hydrogens is 190 g/mol. The van der Waals surface area contributed by atoms with Crippen molar-refractivity contribution in [3.63, 3.8) is 0 Å². The second-order valence-electron chi connectivity index (χ2n) is 5.71. The smallest absolute Gasteiger partial charge is 0.0603 e. The van der Waals surface area contributed by atoms with E-state index in [0.717, 1.165) is 25.9 Å². The highest BCUT2D eigenvalue weighted by Crippen LogP contribution is 2.69. The van der Waals surface area contributed by atoms with Gasteiger partial charge in [0.1, 0.15) is 0 Å². The van der Waals surface area contributed by atoms with E-state index in [0.29, 0.717) is 24.0 Å². The van der Waals surface area contributed by atoms with Crippen LogP contribution in [0.4, 0.5) is 0 Å². The molecule has 1 heterocycles. The maximum Gasteiger partial charge on any atom is 0.0603 e. The van der Waals surface area contributed by atoms with Crippen LogP contribution < -0.4 is 5.73 Å². The van der Waals surface area contributed by atoms with Gasteiger partial charge in [-0.25, -0.2) is 0 Å². The largest absolute Gasteiger partial charge is 0.396 e. The highest BCUT2D eigenvalue weighted by atomic mass is 16.5. The Labute approximate surface area is 92.0 Å². The lowest BCUT2D eigenvalue weighted by Crippen LogP contribution is -2.36. The highest BCUT2D eigenvalue weighted by Gasteiger charge is 2.66. The fourth-order valence-electron chi connectivity index (χ4n) is 3.20. The molecule has 3 heteroatoms. The summed E-state index contributed by atoms with van der Waals surface area (Å²) < 4.78 is 5.77. The maximum absolute atomic E-state index is 9.48. The standard InChI is InChI=1S/C12H23NO2/c1-9(2)10-5-11(3-4-15-10)6-12(11,7-13)8-14/h9-10,14H,3-8,13H2,1-2H3. The minimum atomic E-state index is 0.0178. The number of ether oxygens (including phenoxy) is 1. The van der Waals surface area contributed by atoms with Gasteiger partial charge < -0.3 is 15.6 Å². The maximum atomic E-state index is 9.48. The molecular formula is C12H23NO2. The predicted molar refractivity (Wildman–Crippen MR) is 59.4 cm³/mol. The topological polar surface area (TPSA) is 55.5 Å². The van der Waals surface area contributed by atoms with Crippen LogP contribution in [0, 0.1) is 16.7 Å². The average molecular weight is 213 g/mol. The minimum absolute atomic E-state index is 0.0178. The van der Waals surface area contributed by atoms with Crippen LogP contribution in [0.1, 0.15) is 33.1 Å². The molecule has 0 aromatic heterocycles. The number of nitrogens with two attached hydrogens (primary N) is 1. The van der Waals surface area contributed by atoms with Gasteiger partial charge in [0.15, 0.2) is 0 Å². The zero-order valence-corrected chi connectivity index (χ0v) is 9.83. The molecule has 3 atom stereocenters. The quantitative estimate of drug-likeness (QED) is 0.739. The molecule has 2 fully saturated rings. The van der Waals surface area contributed by atoms with Gasteiger partial charge in [0.05, 0.1) is 12.7 Å². The van der Waals surface area contributed by atoms with Crippen molar-refractivity contribution >= 4 is 0 Å². The van der Waals surface area contributed by atoms with Crippen molar-refractivity contribution in [1.29, 1.82) is 0 Å². The van der Waals surface area contributed by atoms with Gasteiger partial charge in [-0.3, -0.25) is 0 Å². The first-order valence-electron chi connectivity index (χ1n) is 6.02. The van der Waals surface area contributed by atoms with Crippen molar-refractivity contribution in [2.75, 3.05) is 19.8 Å². The number of aliphatic hydroxyl groups is 1. The third-order valence-corrected chi connectivity index (χ3v) is 4.62. The second-order valence-corrected chi connectivity index (χ2v) is 5.71. The zero-order chi connectivity index (χ0) is 11.1. The van der Waals surface area contributed by atoms with Crippen LogP contribution in [-0.2, 0) is 4.74 Å². The minimum Gasteiger partial charge on any atom is -0.396 e. The Morgan fingerprint density at radius 3 is 2.73 bits per heavy atom. The number of rotatable bonds is 3. The molecule has 1 aliphatic heterocycles. The molecule has 0 amide bonds. The fourth-order valence-corrected chi connectivity index (χ4v) is 3.20. The van der Waals surface area contributed by atoms with Crippen LogP contribution >= 0.6 is 0 Å². The van der Waals surface area contributed by atoms with Crippen LogP contribution in [0.15, 0.2) is 0 Å². The molecule has 3 unspecified atom stereocenters. The van der Waals surface area contributed by atoms with Gasteiger partial charge in [0.2, 0.25) is 0 Å². The summed E-state index contributed by atoms with van der Waals surface area (Å²) in [5.74, 6) is 0.567. The van der Waals surface area contributed by atoms with E-state index in [4.69, 9.17) is 10.5 Å². The molecule has 1 saturated carbocycles. The van der Waals surface area contributed by atoms with Crippen molar-refractivity contribution < 1.29 is 9.84 Å². The van der Waals surface area contributed by atoms with Gasteiger partial charge in [-0.05, 0) is 30.6 Å². The summed E-state index contributed by atoms with van der Waals surface area (Å²) in [6.07, 6.45) is 3.62. The molecule has 2 aliphatic rings. The Kier molecular flexibility index (Phi) is 2.82. The third kappa shape index (κ3) is 1.61. The van der Waals surface area contributed by atoms with Gasteiger partial charge in [-0.1, -0.05) is 13.8 Å². The molecule has 0 aromatic carbocycles. The van der Waals surface area contributed by atoms with E-state index in [2.05, 4.69) is 13.8 Å².